The molecule has 0 amide bonds. The Morgan fingerprint density at radius 3 is 2.56 bits per heavy atom. The third-order valence-corrected chi connectivity index (χ3v) is 3.98. The summed E-state index contributed by atoms with van der Waals surface area (Å²) in [5.41, 5.74) is 8.66. The van der Waals surface area contributed by atoms with E-state index in [-0.39, 0.29) is 12.4 Å². The first-order valence-corrected chi connectivity index (χ1v) is 6.70. The highest BCUT2D eigenvalue weighted by atomic mass is 35.5. The molecule has 0 aliphatic carbocycles. The van der Waals surface area contributed by atoms with Gasteiger partial charge in [0.25, 0.3) is 0 Å². The van der Waals surface area contributed by atoms with Gasteiger partial charge in [-0.3, -0.25) is 4.90 Å². The van der Waals surface area contributed by atoms with Crippen LogP contribution < -0.4 is 5.73 Å². The second-order valence-corrected chi connectivity index (χ2v) is 5.38. The SMILES string of the molecule is Cc1ccc(CN2CCCC(C)C2CN)cc1.Cl. The van der Waals surface area contributed by atoms with Gasteiger partial charge in [-0.05, 0) is 37.8 Å². The Morgan fingerprint density at radius 1 is 1.28 bits per heavy atom. The Labute approximate surface area is 117 Å². The molecule has 2 N–H and O–H groups in total. The molecule has 2 atom stereocenters. The van der Waals surface area contributed by atoms with Gasteiger partial charge in [0.1, 0.15) is 0 Å². The summed E-state index contributed by atoms with van der Waals surface area (Å²) in [5.74, 6) is 0.735. The first-order valence-electron chi connectivity index (χ1n) is 6.70. The maximum Gasteiger partial charge on any atom is 0.0247 e. The molecule has 3 heteroatoms. The van der Waals surface area contributed by atoms with Crippen LogP contribution in [0, 0.1) is 12.8 Å². The molecule has 1 aromatic carbocycles. The fourth-order valence-electron chi connectivity index (χ4n) is 2.84. The minimum Gasteiger partial charge on any atom is -0.329 e. The van der Waals surface area contributed by atoms with Crippen molar-refractivity contribution in [2.45, 2.75) is 39.3 Å². The van der Waals surface area contributed by atoms with Crippen LogP contribution in [0.3, 0.4) is 0 Å². The second kappa shape index (κ2) is 7.13. The van der Waals surface area contributed by atoms with Gasteiger partial charge in [0.2, 0.25) is 0 Å². The number of nitrogens with zero attached hydrogens (tertiary/aromatic N) is 1. The van der Waals surface area contributed by atoms with E-state index in [1.807, 2.05) is 0 Å². The van der Waals surface area contributed by atoms with E-state index in [0.29, 0.717) is 6.04 Å². The molecule has 1 fully saturated rings. The van der Waals surface area contributed by atoms with Crippen molar-refractivity contribution in [3.63, 3.8) is 0 Å². The molecular weight excluding hydrogens is 244 g/mol. The summed E-state index contributed by atoms with van der Waals surface area (Å²) in [6, 6.07) is 9.43. The molecule has 102 valence electrons. The first kappa shape index (κ1) is 15.5. The largest absolute Gasteiger partial charge is 0.329 e. The Hall–Kier alpha value is -0.570. The molecule has 0 bridgehead atoms. The van der Waals surface area contributed by atoms with Crippen molar-refractivity contribution >= 4 is 12.4 Å². The highest BCUT2D eigenvalue weighted by molar-refractivity contribution is 5.85. The zero-order valence-electron chi connectivity index (χ0n) is 11.4. The van der Waals surface area contributed by atoms with Gasteiger partial charge in [0.15, 0.2) is 0 Å². The third kappa shape index (κ3) is 3.71. The third-order valence-electron chi connectivity index (χ3n) is 3.98. The summed E-state index contributed by atoms with van der Waals surface area (Å²) in [6.45, 7) is 7.49. The summed E-state index contributed by atoms with van der Waals surface area (Å²) in [5, 5.41) is 0. The molecule has 2 nitrogen and oxygen atoms in total. The molecule has 18 heavy (non-hydrogen) atoms. The van der Waals surface area contributed by atoms with Gasteiger partial charge in [-0.1, -0.05) is 36.8 Å². The zero-order valence-corrected chi connectivity index (χ0v) is 12.2. The summed E-state index contributed by atoms with van der Waals surface area (Å²) >= 11 is 0. The van der Waals surface area contributed by atoms with Crippen LogP contribution in [0.5, 0.6) is 0 Å². The minimum atomic E-state index is 0. The van der Waals surface area contributed by atoms with E-state index < -0.39 is 0 Å². The van der Waals surface area contributed by atoms with Crippen LogP contribution >= 0.6 is 12.4 Å². The molecule has 2 unspecified atom stereocenters. The molecule has 0 aromatic heterocycles. The van der Waals surface area contributed by atoms with Crippen molar-refractivity contribution in [2.24, 2.45) is 11.7 Å². The van der Waals surface area contributed by atoms with E-state index in [9.17, 15) is 0 Å². The fourth-order valence-corrected chi connectivity index (χ4v) is 2.84. The predicted molar refractivity (Wildman–Crippen MR) is 80.1 cm³/mol. The molecule has 1 aromatic rings. The lowest BCUT2D eigenvalue weighted by molar-refractivity contribution is 0.0991. The number of likely N-dealkylation sites (tertiary alicyclic amines) is 1. The van der Waals surface area contributed by atoms with Crippen molar-refractivity contribution in [1.82, 2.24) is 4.90 Å². The number of nitrogens with two attached hydrogens (primary N) is 1. The molecule has 0 radical (unpaired) electrons. The predicted octanol–water partition coefficient (Wildman–Crippen LogP) is 2.98. The van der Waals surface area contributed by atoms with Crippen LogP contribution in [0.15, 0.2) is 24.3 Å². The van der Waals surface area contributed by atoms with Gasteiger partial charge in [0.05, 0.1) is 0 Å². The van der Waals surface area contributed by atoms with Crippen molar-refractivity contribution in [3.8, 4) is 0 Å². The summed E-state index contributed by atoms with van der Waals surface area (Å²) in [7, 11) is 0. The van der Waals surface area contributed by atoms with Crippen molar-refractivity contribution in [1.29, 1.82) is 0 Å². The Balaban J connectivity index is 0.00000162. The number of hydrogen-bond acceptors (Lipinski definition) is 2. The minimum absolute atomic E-state index is 0. The van der Waals surface area contributed by atoms with Gasteiger partial charge < -0.3 is 5.73 Å². The maximum atomic E-state index is 5.92. The van der Waals surface area contributed by atoms with Crippen LogP contribution in [-0.2, 0) is 6.54 Å². The zero-order chi connectivity index (χ0) is 12.3. The highest BCUT2D eigenvalue weighted by Crippen LogP contribution is 2.24. The Bertz CT molecular complexity index is 350. The van der Waals surface area contributed by atoms with Gasteiger partial charge in [-0.25, -0.2) is 0 Å². The molecular formula is C15H25ClN2. The van der Waals surface area contributed by atoms with E-state index in [0.717, 1.165) is 19.0 Å². The van der Waals surface area contributed by atoms with Crippen molar-refractivity contribution < 1.29 is 0 Å². The van der Waals surface area contributed by atoms with Crippen LogP contribution in [0.1, 0.15) is 30.9 Å². The van der Waals surface area contributed by atoms with Gasteiger partial charge in [-0.15, -0.1) is 12.4 Å². The fraction of sp³-hybridized carbons (Fsp3) is 0.600. The summed E-state index contributed by atoms with van der Waals surface area (Å²) < 4.78 is 0. The van der Waals surface area contributed by atoms with E-state index in [1.165, 1.54) is 30.5 Å². The van der Waals surface area contributed by atoms with Crippen molar-refractivity contribution in [2.75, 3.05) is 13.1 Å². The standard InChI is InChI=1S/C15H24N2.ClH/c1-12-5-7-14(8-6-12)11-17-9-3-4-13(2)15(17)10-16;/h5-8,13,15H,3-4,9-11,16H2,1-2H3;1H. The van der Waals surface area contributed by atoms with Crippen LogP contribution in [0.25, 0.3) is 0 Å². The van der Waals surface area contributed by atoms with Gasteiger partial charge >= 0.3 is 0 Å². The first-order chi connectivity index (χ1) is 8.20. The molecule has 0 saturated carbocycles. The normalized spacial score (nSPS) is 24.6. The van der Waals surface area contributed by atoms with E-state index in [2.05, 4.69) is 43.0 Å². The quantitative estimate of drug-likeness (QED) is 0.913. The summed E-state index contributed by atoms with van der Waals surface area (Å²) in [6.07, 6.45) is 2.63. The lowest BCUT2D eigenvalue weighted by atomic mass is 9.90. The molecule has 1 aliphatic rings. The Kier molecular flexibility index (Phi) is 6.13. The van der Waals surface area contributed by atoms with E-state index in [4.69, 9.17) is 5.73 Å². The number of benzene rings is 1. The molecule has 1 saturated heterocycles. The maximum absolute atomic E-state index is 5.92. The molecule has 1 aliphatic heterocycles. The number of halogens is 1. The molecule has 2 rings (SSSR count). The van der Waals surface area contributed by atoms with Crippen LogP contribution in [0.2, 0.25) is 0 Å². The van der Waals surface area contributed by atoms with Crippen LogP contribution in [0.4, 0.5) is 0 Å². The topological polar surface area (TPSA) is 29.3 Å². The Morgan fingerprint density at radius 2 is 1.94 bits per heavy atom. The number of hydrogen-bond donors (Lipinski definition) is 1. The monoisotopic (exact) mass is 268 g/mol. The van der Waals surface area contributed by atoms with Gasteiger partial charge in [0, 0.05) is 19.1 Å². The van der Waals surface area contributed by atoms with E-state index >= 15 is 0 Å². The van der Waals surface area contributed by atoms with Gasteiger partial charge in [-0.2, -0.15) is 0 Å². The average molecular weight is 269 g/mol. The molecule has 0 spiro atoms. The second-order valence-electron chi connectivity index (χ2n) is 5.38. The average Bonchev–Trinajstić information content (AvgIpc) is 2.32. The molecule has 1 heterocycles. The van der Waals surface area contributed by atoms with E-state index in [1.54, 1.807) is 0 Å². The van der Waals surface area contributed by atoms with Crippen molar-refractivity contribution in [3.05, 3.63) is 35.4 Å². The number of aryl methyl sites for hydroxylation is 1. The number of rotatable bonds is 3. The summed E-state index contributed by atoms with van der Waals surface area (Å²) in [4.78, 5) is 2.55. The lowest BCUT2D eigenvalue weighted by Crippen LogP contribution is -2.47. The number of piperidine rings is 1. The lowest BCUT2D eigenvalue weighted by Gasteiger charge is -2.39. The highest BCUT2D eigenvalue weighted by Gasteiger charge is 2.26. The smallest absolute Gasteiger partial charge is 0.0247 e. The van der Waals surface area contributed by atoms with Crippen LogP contribution in [-0.4, -0.2) is 24.0 Å².